The van der Waals surface area contributed by atoms with E-state index in [1.807, 2.05) is 0 Å². The second-order valence-corrected chi connectivity index (χ2v) is 7.28. The Morgan fingerprint density at radius 3 is 2.44 bits per heavy atom. The van der Waals surface area contributed by atoms with Crippen molar-refractivity contribution in [2.24, 2.45) is 5.92 Å². The van der Waals surface area contributed by atoms with E-state index in [1.165, 1.54) is 4.90 Å². The molecule has 1 heterocycles. The monoisotopic (exact) mass is 416 g/mol. The van der Waals surface area contributed by atoms with Gasteiger partial charge in [0.15, 0.2) is 0 Å². The Morgan fingerprint density at radius 2 is 1.76 bits per heavy atom. The van der Waals surface area contributed by atoms with Crippen LogP contribution in [0.5, 0.6) is 0 Å². The highest BCUT2D eigenvalue weighted by Crippen LogP contribution is 2.36. The fourth-order valence-corrected chi connectivity index (χ4v) is 3.61. The number of amides is 2. The van der Waals surface area contributed by atoms with Crippen molar-refractivity contribution in [2.45, 2.75) is 6.42 Å². The van der Waals surface area contributed by atoms with Gasteiger partial charge in [-0.15, -0.1) is 0 Å². The molecule has 2 aromatic rings. The SMILES string of the molecule is O=C(Nc1cc(Cl)cc(Cl)c1)[C@H]1CC(=O)N(c2cccc(Cl)c2Cl)C1. The van der Waals surface area contributed by atoms with Crippen molar-refractivity contribution >= 4 is 69.6 Å². The number of nitrogens with one attached hydrogen (secondary N) is 1. The summed E-state index contributed by atoms with van der Waals surface area (Å²) in [6.07, 6.45) is 0.0863. The van der Waals surface area contributed by atoms with Crippen LogP contribution in [0, 0.1) is 5.92 Å². The minimum absolute atomic E-state index is 0.0863. The summed E-state index contributed by atoms with van der Waals surface area (Å²) in [4.78, 5) is 26.3. The van der Waals surface area contributed by atoms with Gasteiger partial charge in [0.05, 0.1) is 21.7 Å². The Morgan fingerprint density at radius 1 is 1.08 bits per heavy atom. The first-order chi connectivity index (χ1) is 11.8. The number of halogens is 4. The molecule has 0 spiro atoms. The molecule has 1 aliphatic heterocycles. The van der Waals surface area contributed by atoms with Crippen LogP contribution in [0.25, 0.3) is 0 Å². The number of carbonyl (C=O) groups excluding carboxylic acids is 2. The van der Waals surface area contributed by atoms with E-state index in [2.05, 4.69) is 5.32 Å². The van der Waals surface area contributed by atoms with Crippen molar-refractivity contribution in [3.63, 3.8) is 0 Å². The van der Waals surface area contributed by atoms with Gasteiger partial charge < -0.3 is 10.2 Å². The van der Waals surface area contributed by atoms with Gasteiger partial charge in [-0.05, 0) is 30.3 Å². The Bertz CT molecular complexity index is 836. The van der Waals surface area contributed by atoms with Crippen LogP contribution < -0.4 is 10.2 Å². The quantitative estimate of drug-likeness (QED) is 0.737. The molecular formula is C17H12Cl4N2O2. The van der Waals surface area contributed by atoms with E-state index in [4.69, 9.17) is 46.4 Å². The first kappa shape index (κ1) is 18.3. The van der Waals surface area contributed by atoms with Crippen molar-refractivity contribution in [1.29, 1.82) is 0 Å². The molecule has 0 bridgehead atoms. The maximum Gasteiger partial charge on any atom is 0.229 e. The molecule has 0 aliphatic carbocycles. The summed E-state index contributed by atoms with van der Waals surface area (Å²) in [5.41, 5.74) is 0.981. The van der Waals surface area contributed by atoms with Gasteiger partial charge in [-0.3, -0.25) is 9.59 Å². The number of anilines is 2. The van der Waals surface area contributed by atoms with E-state index in [0.29, 0.717) is 31.5 Å². The normalized spacial score (nSPS) is 17.0. The minimum Gasteiger partial charge on any atom is -0.326 e. The van der Waals surface area contributed by atoms with E-state index in [0.717, 1.165) is 0 Å². The van der Waals surface area contributed by atoms with E-state index in [9.17, 15) is 9.59 Å². The smallest absolute Gasteiger partial charge is 0.229 e. The Kier molecular flexibility index (Phi) is 5.44. The summed E-state index contributed by atoms with van der Waals surface area (Å²) in [6, 6.07) is 9.80. The van der Waals surface area contributed by atoms with E-state index < -0.39 is 5.92 Å². The van der Waals surface area contributed by atoms with Crippen molar-refractivity contribution in [2.75, 3.05) is 16.8 Å². The molecule has 1 aliphatic rings. The molecule has 3 rings (SSSR count). The predicted molar refractivity (Wildman–Crippen MR) is 102 cm³/mol. The molecule has 4 nitrogen and oxygen atoms in total. The molecule has 0 radical (unpaired) electrons. The highest BCUT2D eigenvalue weighted by molar-refractivity contribution is 6.44. The van der Waals surface area contributed by atoms with Gasteiger partial charge in [0.2, 0.25) is 11.8 Å². The third-order valence-electron chi connectivity index (χ3n) is 3.85. The maximum absolute atomic E-state index is 12.5. The standard InChI is InChI=1S/C17H12Cl4N2O2/c18-10-5-11(19)7-12(6-10)22-17(25)9-4-15(24)23(8-9)14-3-1-2-13(20)16(14)21/h1-3,5-7,9H,4,8H2,(H,22,25)/t9-/m0/s1. The van der Waals surface area contributed by atoms with Crippen LogP contribution in [0.3, 0.4) is 0 Å². The molecule has 25 heavy (non-hydrogen) atoms. The van der Waals surface area contributed by atoms with Gasteiger partial charge in [-0.2, -0.15) is 0 Å². The first-order valence-electron chi connectivity index (χ1n) is 7.36. The second-order valence-electron chi connectivity index (χ2n) is 5.63. The van der Waals surface area contributed by atoms with Crippen LogP contribution in [0.15, 0.2) is 36.4 Å². The zero-order valence-corrected chi connectivity index (χ0v) is 15.8. The molecule has 1 fully saturated rings. The second kappa shape index (κ2) is 7.42. The van der Waals surface area contributed by atoms with Crippen LogP contribution in [0.1, 0.15) is 6.42 Å². The average molecular weight is 418 g/mol. The Hall–Kier alpha value is -1.46. The lowest BCUT2D eigenvalue weighted by molar-refractivity contribution is -0.122. The number of rotatable bonds is 3. The summed E-state index contributed by atoms with van der Waals surface area (Å²) in [7, 11) is 0. The van der Waals surface area contributed by atoms with Gasteiger partial charge in [0.25, 0.3) is 0 Å². The lowest BCUT2D eigenvalue weighted by Crippen LogP contribution is -2.28. The number of carbonyl (C=O) groups is 2. The van der Waals surface area contributed by atoms with Gasteiger partial charge in [0.1, 0.15) is 0 Å². The summed E-state index contributed by atoms with van der Waals surface area (Å²) in [5.74, 6) is -0.985. The molecule has 1 N–H and O–H groups in total. The van der Waals surface area contributed by atoms with Crippen LogP contribution in [-0.2, 0) is 9.59 Å². The van der Waals surface area contributed by atoms with Crippen molar-refractivity contribution in [1.82, 2.24) is 0 Å². The van der Waals surface area contributed by atoms with Crippen LogP contribution in [-0.4, -0.2) is 18.4 Å². The van der Waals surface area contributed by atoms with Gasteiger partial charge in [0, 0.05) is 28.7 Å². The first-order valence-corrected chi connectivity index (χ1v) is 8.87. The predicted octanol–water partition coefficient (Wildman–Crippen LogP) is 5.29. The molecule has 2 aromatic carbocycles. The van der Waals surface area contributed by atoms with E-state index >= 15 is 0 Å². The number of nitrogens with zero attached hydrogens (tertiary/aromatic N) is 1. The number of hydrogen-bond donors (Lipinski definition) is 1. The molecule has 0 saturated carbocycles. The van der Waals surface area contributed by atoms with Gasteiger partial charge >= 0.3 is 0 Å². The van der Waals surface area contributed by atoms with Crippen LogP contribution >= 0.6 is 46.4 Å². The highest BCUT2D eigenvalue weighted by atomic mass is 35.5. The molecule has 1 saturated heterocycles. The lowest BCUT2D eigenvalue weighted by Gasteiger charge is -2.18. The molecule has 130 valence electrons. The van der Waals surface area contributed by atoms with Crippen molar-refractivity contribution in [3.8, 4) is 0 Å². The molecule has 0 aromatic heterocycles. The number of hydrogen-bond acceptors (Lipinski definition) is 2. The topological polar surface area (TPSA) is 49.4 Å². The largest absolute Gasteiger partial charge is 0.326 e. The fourth-order valence-electron chi connectivity index (χ4n) is 2.69. The zero-order valence-electron chi connectivity index (χ0n) is 12.7. The lowest BCUT2D eigenvalue weighted by atomic mass is 10.1. The van der Waals surface area contributed by atoms with Crippen LogP contribution in [0.4, 0.5) is 11.4 Å². The zero-order chi connectivity index (χ0) is 18.1. The van der Waals surface area contributed by atoms with Gasteiger partial charge in [-0.1, -0.05) is 52.5 Å². The fraction of sp³-hybridized carbons (Fsp3) is 0.176. The van der Waals surface area contributed by atoms with Gasteiger partial charge in [-0.25, -0.2) is 0 Å². The third kappa shape index (κ3) is 4.04. The van der Waals surface area contributed by atoms with Crippen molar-refractivity contribution < 1.29 is 9.59 Å². The van der Waals surface area contributed by atoms with E-state index in [-0.39, 0.29) is 24.8 Å². The third-order valence-corrected chi connectivity index (χ3v) is 5.09. The molecule has 8 heteroatoms. The van der Waals surface area contributed by atoms with E-state index in [1.54, 1.807) is 36.4 Å². The molecular weight excluding hydrogens is 406 g/mol. The average Bonchev–Trinajstić information content (AvgIpc) is 2.91. The van der Waals surface area contributed by atoms with Crippen molar-refractivity contribution in [3.05, 3.63) is 56.5 Å². The van der Waals surface area contributed by atoms with Crippen LogP contribution in [0.2, 0.25) is 20.1 Å². The molecule has 1 atom stereocenters. The Balaban J connectivity index is 1.75. The maximum atomic E-state index is 12.5. The summed E-state index contributed by atoms with van der Waals surface area (Å²) < 4.78 is 0. The summed E-state index contributed by atoms with van der Waals surface area (Å²) in [6.45, 7) is 0.221. The minimum atomic E-state index is -0.514. The highest BCUT2D eigenvalue weighted by Gasteiger charge is 2.36. The number of benzene rings is 2. The molecule has 2 amide bonds. The summed E-state index contributed by atoms with van der Waals surface area (Å²) in [5, 5.41) is 4.21. The Labute approximate surface area is 164 Å². The summed E-state index contributed by atoms with van der Waals surface area (Å²) >= 11 is 24.0. The molecule has 0 unspecified atom stereocenters.